The van der Waals surface area contributed by atoms with Crippen molar-refractivity contribution in [2.45, 2.75) is 0 Å². The van der Waals surface area contributed by atoms with Gasteiger partial charge in [0.2, 0.25) is 0 Å². The predicted molar refractivity (Wildman–Crippen MR) is 91.6 cm³/mol. The van der Waals surface area contributed by atoms with Gasteiger partial charge in [-0.25, -0.2) is 5.84 Å². The van der Waals surface area contributed by atoms with Gasteiger partial charge in [-0.05, 0) is 35.7 Å². The molecular weight excluding hydrogens is 330 g/mol. The first kappa shape index (κ1) is 17.5. The lowest BCUT2D eigenvalue weighted by molar-refractivity contribution is -0.117. The molecule has 0 aliphatic carbocycles. The van der Waals surface area contributed by atoms with E-state index in [-0.39, 0.29) is 5.70 Å². The minimum absolute atomic E-state index is 0.0414. The first-order valence-corrected chi connectivity index (χ1v) is 7.76. The highest BCUT2D eigenvalue weighted by molar-refractivity contribution is 7.10. The van der Waals surface area contributed by atoms with Crippen LogP contribution in [0.1, 0.15) is 15.2 Å². The van der Waals surface area contributed by atoms with E-state index in [1.165, 1.54) is 31.6 Å². The second-order valence-corrected chi connectivity index (χ2v) is 5.55. The third kappa shape index (κ3) is 4.12. The number of amides is 2. The highest BCUT2D eigenvalue weighted by atomic mass is 32.1. The summed E-state index contributed by atoms with van der Waals surface area (Å²) in [5.74, 6) is 5.02. The number of carbonyl (C=O) groups excluding carboxylic acids is 2. The molecule has 0 radical (unpaired) electrons. The molecule has 0 saturated carbocycles. The molecule has 0 unspecified atom stereocenters. The number of carbonyl (C=O) groups is 2. The summed E-state index contributed by atoms with van der Waals surface area (Å²) in [5.41, 5.74) is 2.37. The molecule has 1 aromatic carbocycles. The molecule has 0 bridgehead atoms. The summed E-state index contributed by atoms with van der Waals surface area (Å²) in [7, 11) is 2.98. The first-order chi connectivity index (χ1) is 11.6. The number of rotatable bonds is 6. The molecule has 0 aliphatic rings. The molecule has 2 rings (SSSR count). The summed E-state index contributed by atoms with van der Waals surface area (Å²) in [4.78, 5) is 25.1. The Labute approximate surface area is 143 Å². The zero-order valence-corrected chi connectivity index (χ0v) is 14.0. The Morgan fingerprint density at radius 3 is 2.50 bits per heavy atom. The molecule has 0 atom stereocenters. The number of nitrogens with two attached hydrogens (primary N) is 1. The normalized spacial score (nSPS) is 10.9. The first-order valence-electron chi connectivity index (χ1n) is 6.88. The molecule has 7 nitrogen and oxygen atoms in total. The number of ether oxygens (including phenoxy) is 2. The van der Waals surface area contributed by atoms with E-state index in [2.05, 4.69) is 5.32 Å². The largest absolute Gasteiger partial charge is 0.493 e. The van der Waals surface area contributed by atoms with E-state index < -0.39 is 11.8 Å². The zero-order valence-electron chi connectivity index (χ0n) is 13.2. The van der Waals surface area contributed by atoms with Crippen LogP contribution in [0.5, 0.6) is 11.5 Å². The highest BCUT2D eigenvalue weighted by Gasteiger charge is 2.16. The van der Waals surface area contributed by atoms with E-state index in [1.807, 2.05) is 22.9 Å². The van der Waals surface area contributed by atoms with Crippen molar-refractivity contribution in [2.75, 3.05) is 14.2 Å². The van der Waals surface area contributed by atoms with Crippen LogP contribution in [0.15, 0.2) is 41.4 Å². The van der Waals surface area contributed by atoms with Crippen molar-refractivity contribution in [3.05, 3.63) is 51.8 Å². The van der Waals surface area contributed by atoms with E-state index in [0.717, 1.165) is 4.88 Å². The Morgan fingerprint density at radius 1 is 1.17 bits per heavy atom. The topological polar surface area (TPSA) is 103 Å². The Balaban J connectivity index is 2.26. The third-order valence-corrected chi connectivity index (χ3v) is 3.92. The minimum atomic E-state index is -0.600. The molecule has 24 heavy (non-hydrogen) atoms. The maximum atomic E-state index is 12.4. The number of methoxy groups -OCH3 is 2. The molecular formula is C16H17N3O4S. The van der Waals surface area contributed by atoms with Crippen LogP contribution in [0.3, 0.4) is 0 Å². The Hall–Kier alpha value is -2.84. The number of hydrazine groups is 1. The van der Waals surface area contributed by atoms with Crippen molar-refractivity contribution in [3.63, 3.8) is 0 Å². The van der Waals surface area contributed by atoms with Crippen molar-refractivity contribution in [3.8, 4) is 11.5 Å². The molecule has 0 fully saturated rings. The lowest BCUT2D eigenvalue weighted by Crippen LogP contribution is -2.38. The van der Waals surface area contributed by atoms with Crippen molar-refractivity contribution < 1.29 is 19.1 Å². The van der Waals surface area contributed by atoms with Crippen LogP contribution in [0, 0.1) is 0 Å². The average Bonchev–Trinajstić information content (AvgIpc) is 3.12. The van der Waals surface area contributed by atoms with Crippen molar-refractivity contribution >= 4 is 29.2 Å². The second kappa shape index (κ2) is 8.14. The van der Waals surface area contributed by atoms with Crippen LogP contribution < -0.4 is 26.1 Å². The molecule has 0 saturated heterocycles. The highest BCUT2D eigenvalue weighted by Crippen LogP contribution is 2.27. The molecule has 2 aromatic rings. The molecule has 0 aliphatic heterocycles. The van der Waals surface area contributed by atoms with Gasteiger partial charge < -0.3 is 14.8 Å². The molecule has 1 aromatic heterocycles. The van der Waals surface area contributed by atoms with Gasteiger partial charge in [0.05, 0.1) is 14.2 Å². The second-order valence-electron chi connectivity index (χ2n) is 4.57. The smallest absolute Gasteiger partial charge is 0.281 e. The Bertz CT molecular complexity index is 757. The van der Waals surface area contributed by atoms with Crippen molar-refractivity contribution in [2.24, 2.45) is 5.84 Å². The third-order valence-electron chi connectivity index (χ3n) is 3.10. The van der Waals surface area contributed by atoms with Gasteiger partial charge in [0.15, 0.2) is 11.5 Å². The van der Waals surface area contributed by atoms with Gasteiger partial charge in [-0.2, -0.15) is 0 Å². The van der Waals surface area contributed by atoms with Crippen molar-refractivity contribution in [1.29, 1.82) is 0 Å². The van der Waals surface area contributed by atoms with Gasteiger partial charge in [-0.3, -0.25) is 15.0 Å². The lowest BCUT2D eigenvalue weighted by Gasteiger charge is -2.11. The molecule has 2 amide bonds. The van der Waals surface area contributed by atoms with E-state index in [1.54, 1.807) is 18.2 Å². The number of hydrogen-bond acceptors (Lipinski definition) is 6. The monoisotopic (exact) mass is 347 g/mol. The standard InChI is InChI=1S/C16H17N3O4S/c1-22-13-6-5-10(8-14(13)23-2)15(20)18-12(16(21)19-17)9-11-4-3-7-24-11/h3-9H,17H2,1-2H3,(H,18,20)(H,19,21)/b12-9+. The van der Waals surface area contributed by atoms with E-state index in [4.69, 9.17) is 15.3 Å². The minimum Gasteiger partial charge on any atom is -0.493 e. The summed E-state index contributed by atoms with van der Waals surface area (Å²) in [6.07, 6.45) is 1.55. The maximum Gasteiger partial charge on any atom is 0.281 e. The van der Waals surface area contributed by atoms with Gasteiger partial charge >= 0.3 is 0 Å². The number of benzene rings is 1. The van der Waals surface area contributed by atoms with E-state index in [0.29, 0.717) is 17.1 Å². The van der Waals surface area contributed by atoms with Crippen molar-refractivity contribution in [1.82, 2.24) is 10.7 Å². The summed E-state index contributed by atoms with van der Waals surface area (Å²) >= 11 is 1.43. The van der Waals surface area contributed by atoms with Gasteiger partial charge in [-0.15, -0.1) is 11.3 Å². The summed E-state index contributed by atoms with van der Waals surface area (Å²) < 4.78 is 10.3. The van der Waals surface area contributed by atoms with Crippen LogP contribution in [0.25, 0.3) is 6.08 Å². The summed E-state index contributed by atoms with van der Waals surface area (Å²) in [6, 6.07) is 8.36. The van der Waals surface area contributed by atoms with Crippen LogP contribution in [-0.2, 0) is 4.79 Å². The fourth-order valence-electron chi connectivity index (χ4n) is 1.92. The number of hydrogen-bond donors (Lipinski definition) is 3. The molecule has 8 heteroatoms. The molecule has 4 N–H and O–H groups in total. The van der Waals surface area contributed by atoms with E-state index >= 15 is 0 Å². The summed E-state index contributed by atoms with van der Waals surface area (Å²) in [6.45, 7) is 0. The van der Waals surface area contributed by atoms with Crippen LogP contribution in [0.4, 0.5) is 0 Å². The summed E-state index contributed by atoms with van der Waals surface area (Å²) in [5, 5.41) is 4.41. The molecule has 0 spiro atoms. The van der Waals surface area contributed by atoms with E-state index in [9.17, 15) is 9.59 Å². The molecule has 1 heterocycles. The number of nitrogens with one attached hydrogen (secondary N) is 2. The quantitative estimate of drug-likeness (QED) is 0.318. The van der Waals surface area contributed by atoms with Gasteiger partial charge in [0.1, 0.15) is 5.70 Å². The SMILES string of the molecule is COc1ccc(C(=O)N/C(=C/c2cccs2)C(=O)NN)cc1OC. The average molecular weight is 347 g/mol. The zero-order chi connectivity index (χ0) is 17.5. The van der Waals surface area contributed by atoms with Crippen LogP contribution >= 0.6 is 11.3 Å². The van der Waals surface area contributed by atoms with Gasteiger partial charge in [-0.1, -0.05) is 6.07 Å². The fraction of sp³-hybridized carbons (Fsp3) is 0.125. The lowest BCUT2D eigenvalue weighted by atomic mass is 10.2. The fourth-order valence-corrected chi connectivity index (χ4v) is 2.58. The van der Waals surface area contributed by atoms with Crippen LogP contribution in [0.2, 0.25) is 0 Å². The predicted octanol–water partition coefficient (Wildman–Crippen LogP) is 1.53. The molecule has 126 valence electrons. The van der Waals surface area contributed by atoms with Crippen LogP contribution in [-0.4, -0.2) is 26.0 Å². The Morgan fingerprint density at radius 2 is 1.92 bits per heavy atom. The number of thiophene rings is 1. The Kier molecular flexibility index (Phi) is 5.94. The van der Waals surface area contributed by atoms with Gasteiger partial charge in [0, 0.05) is 10.4 Å². The maximum absolute atomic E-state index is 12.4. The van der Waals surface area contributed by atoms with Gasteiger partial charge in [0.25, 0.3) is 11.8 Å².